The van der Waals surface area contributed by atoms with Gasteiger partial charge in [0.05, 0.1) is 7.11 Å². The monoisotopic (exact) mass is 391 g/mol. The molecule has 0 saturated heterocycles. The number of benzene rings is 1. The summed E-state index contributed by atoms with van der Waals surface area (Å²) in [6, 6.07) is 5.46. The summed E-state index contributed by atoms with van der Waals surface area (Å²) in [6.45, 7) is 4.41. The lowest BCUT2D eigenvalue weighted by molar-refractivity contribution is 0.175. The molecule has 0 spiro atoms. The predicted octanol–water partition coefficient (Wildman–Crippen LogP) is 5.20. The lowest BCUT2D eigenvalue weighted by atomic mass is 10.0. The van der Waals surface area contributed by atoms with E-state index in [-0.39, 0.29) is 11.9 Å². The molecule has 7 heteroatoms. The number of rotatable bonds is 7. The minimum absolute atomic E-state index is 0.123. The molecule has 0 aliphatic heterocycles. The number of pyridine rings is 1. The van der Waals surface area contributed by atoms with Gasteiger partial charge < -0.3 is 9.47 Å². The fraction of sp³-hybridized carbons (Fsp3) is 0.400. The summed E-state index contributed by atoms with van der Waals surface area (Å²) in [5.74, 6) is -0.308. The maximum absolute atomic E-state index is 14.2. The number of hydrogen-bond donors (Lipinski definition) is 0. The van der Waals surface area contributed by atoms with Gasteiger partial charge >= 0.3 is 0 Å². The summed E-state index contributed by atoms with van der Waals surface area (Å²) in [5, 5.41) is 0.473. The van der Waals surface area contributed by atoms with Crippen molar-refractivity contribution in [3.05, 3.63) is 40.8 Å². The Hall–Kier alpha value is -2.18. The standard InChI is InChI=1S/C20H23ClFN3O2/c1-5-13(7-9-26-3)25-19-18(24-20(25)27-4)14(6-8-23-19)15-11-17(22)12(2)10-16(15)21/h6,8,10-11,13H,5,7,9H2,1-4H3. The topological polar surface area (TPSA) is 49.2 Å². The van der Waals surface area contributed by atoms with E-state index in [1.807, 2.05) is 4.57 Å². The number of halogens is 2. The molecule has 144 valence electrons. The first kappa shape index (κ1) is 19.6. The minimum atomic E-state index is -0.308. The molecular formula is C20H23ClFN3O2. The quantitative estimate of drug-likeness (QED) is 0.555. The Kier molecular flexibility index (Phi) is 5.97. The number of aryl methyl sites for hydroxylation is 1. The van der Waals surface area contributed by atoms with Gasteiger partial charge in [-0.3, -0.25) is 4.57 Å². The first-order chi connectivity index (χ1) is 13.0. The van der Waals surface area contributed by atoms with E-state index in [9.17, 15) is 4.39 Å². The molecule has 3 rings (SSSR count). The molecule has 0 aliphatic carbocycles. The Balaban J connectivity index is 2.22. The first-order valence-electron chi connectivity index (χ1n) is 8.87. The second kappa shape index (κ2) is 8.23. The van der Waals surface area contributed by atoms with Gasteiger partial charge in [-0.1, -0.05) is 18.5 Å². The van der Waals surface area contributed by atoms with Crippen LogP contribution in [0.4, 0.5) is 4.39 Å². The van der Waals surface area contributed by atoms with Crippen molar-refractivity contribution in [1.29, 1.82) is 0 Å². The number of ether oxygens (including phenoxy) is 2. The molecule has 1 aromatic carbocycles. The maximum Gasteiger partial charge on any atom is 0.298 e. The van der Waals surface area contributed by atoms with Gasteiger partial charge in [-0.15, -0.1) is 0 Å². The molecule has 27 heavy (non-hydrogen) atoms. The van der Waals surface area contributed by atoms with Crippen molar-refractivity contribution in [2.45, 2.75) is 32.7 Å². The number of aromatic nitrogens is 3. The van der Waals surface area contributed by atoms with Crippen LogP contribution in [0.15, 0.2) is 24.4 Å². The molecule has 2 aromatic heterocycles. The van der Waals surface area contributed by atoms with Gasteiger partial charge in [0.2, 0.25) is 0 Å². The molecule has 0 fully saturated rings. The Labute approximate surface area is 163 Å². The third-order valence-electron chi connectivity index (χ3n) is 4.76. The van der Waals surface area contributed by atoms with Crippen LogP contribution in [-0.4, -0.2) is 35.4 Å². The molecule has 0 saturated carbocycles. The zero-order chi connectivity index (χ0) is 19.6. The second-order valence-corrected chi connectivity index (χ2v) is 6.83. The molecule has 1 unspecified atom stereocenters. The van der Waals surface area contributed by atoms with E-state index < -0.39 is 0 Å². The molecule has 0 amide bonds. The molecule has 0 radical (unpaired) electrons. The molecule has 2 heterocycles. The molecule has 0 bridgehead atoms. The van der Waals surface area contributed by atoms with E-state index in [0.717, 1.165) is 18.4 Å². The van der Waals surface area contributed by atoms with Gasteiger partial charge in [0.1, 0.15) is 11.3 Å². The van der Waals surface area contributed by atoms with Crippen molar-refractivity contribution < 1.29 is 13.9 Å². The molecule has 1 atom stereocenters. The highest BCUT2D eigenvalue weighted by Crippen LogP contribution is 2.37. The number of nitrogens with zero attached hydrogens (tertiary/aromatic N) is 3. The van der Waals surface area contributed by atoms with Crippen LogP contribution in [0.5, 0.6) is 6.01 Å². The first-order valence-corrected chi connectivity index (χ1v) is 9.25. The molecule has 3 aromatic rings. The number of fused-ring (bicyclic) bond motifs is 1. The average molecular weight is 392 g/mol. The van der Waals surface area contributed by atoms with E-state index in [1.54, 1.807) is 39.5 Å². The third kappa shape index (κ3) is 3.64. The summed E-state index contributed by atoms with van der Waals surface area (Å²) >= 11 is 6.41. The van der Waals surface area contributed by atoms with Gasteiger partial charge in [0, 0.05) is 42.1 Å². The van der Waals surface area contributed by atoms with Crippen molar-refractivity contribution >= 4 is 22.8 Å². The zero-order valence-electron chi connectivity index (χ0n) is 15.9. The summed E-state index contributed by atoms with van der Waals surface area (Å²) in [5.41, 5.74) is 3.13. The van der Waals surface area contributed by atoms with E-state index in [1.165, 1.54) is 6.07 Å². The lowest BCUT2D eigenvalue weighted by Gasteiger charge is -2.18. The predicted molar refractivity (Wildman–Crippen MR) is 105 cm³/mol. The highest BCUT2D eigenvalue weighted by molar-refractivity contribution is 6.33. The van der Waals surface area contributed by atoms with Crippen LogP contribution in [0.25, 0.3) is 22.3 Å². The van der Waals surface area contributed by atoms with Crippen LogP contribution >= 0.6 is 11.6 Å². The van der Waals surface area contributed by atoms with E-state index in [4.69, 9.17) is 21.1 Å². The van der Waals surface area contributed by atoms with Gasteiger partial charge in [-0.2, -0.15) is 4.98 Å². The van der Waals surface area contributed by atoms with Crippen molar-refractivity contribution in [2.75, 3.05) is 20.8 Å². The third-order valence-corrected chi connectivity index (χ3v) is 5.07. The van der Waals surface area contributed by atoms with Crippen LogP contribution in [0.3, 0.4) is 0 Å². The summed E-state index contributed by atoms with van der Waals surface area (Å²) in [6.07, 6.45) is 3.37. The summed E-state index contributed by atoms with van der Waals surface area (Å²) < 4.78 is 26.9. The van der Waals surface area contributed by atoms with Gasteiger partial charge in [0.25, 0.3) is 6.01 Å². The van der Waals surface area contributed by atoms with Crippen molar-refractivity contribution in [3.63, 3.8) is 0 Å². The SMILES string of the molecule is CCC(CCOC)n1c(OC)nc2c(-c3cc(F)c(C)cc3Cl)ccnc21. The Morgan fingerprint density at radius 2 is 2.04 bits per heavy atom. The zero-order valence-corrected chi connectivity index (χ0v) is 16.7. The van der Waals surface area contributed by atoms with Crippen molar-refractivity contribution in [2.24, 2.45) is 0 Å². The smallest absolute Gasteiger partial charge is 0.298 e. The largest absolute Gasteiger partial charge is 0.468 e. The number of methoxy groups -OCH3 is 2. The van der Waals surface area contributed by atoms with Crippen LogP contribution in [-0.2, 0) is 4.74 Å². The van der Waals surface area contributed by atoms with Crippen molar-refractivity contribution in [3.8, 4) is 17.1 Å². The van der Waals surface area contributed by atoms with Crippen LogP contribution in [0.1, 0.15) is 31.4 Å². The van der Waals surface area contributed by atoms with E-state index in [0.29, 0.717) is 39.9 Å². The van der Waals surface area contributed by atoms with Crippen molar-refractivity contribution in [1.82, 2.24) is 14.5 Å². The van der Waals surface area contributed by atoms with Gasteiger partial charge in [-0.05, 0) is 43.5 Å². The van der Waals surface area contributed by atoms with E-state index >= 15 is 0 Å². The Morgan fingerprint density at radius 1 is 1.26 bits per heavy atom. The lowest BCUT2D eigenvalue weighted by Crippen LogP contribution is -2.12. The number of imidazole rings is 1. The average Bonchev–Trinajstić information content (AvgIpc) is 3.04. The second-order valence-electron chi connectivity index (χ2n) is 6.42. The molecule has 0 N–H and O–H groups in total. The Bertz CT molecular complexity index is 958. The highest BCUT2D eigenvalue weighted by Gasteiger charge is 2.22. The molecular weight excluding hydrogens is 369 g/mol. The van der Waals surface area contributed by atoms with Crippen LogP contribution < -0.4 is 4.74 Å². The molecule has 5 nitrogen and oxygen atoms in total. The maximum atomic E-state index is 14.2. The van der Waals surface area contributed by atoms with E-state index in [2.05, 4.69) is 16.9 Å². The van der Waals surface area contributed by atoms with Crippen LogP contribution in [0, 0.1) is 12.7 Å². The van der Waals surface area contributed by atoms with Gasteiger partial charge in [0.15, 0.2) is 5.65 Å². The van der Waals surface area contributed by atoms with Crippen LogP contribution in [0.2, 0.25) is 5.02 Å². The molecule has 0 aliphatic rings. The summed E-state index contributed by atoms with van der Waals surface area (Å²) in [7, 11) is 3.26. The fourth-order valence-corrected chi connectivity index (χ4v) is 3.60. The van der Waals surface area contributed by atoms with Gasteiger partial charge in [-0.25, -0.2) is 9.37 Å². The Morgan fingerprint density at radius 3 is 2.70 bits per heavy atom. The normalized spacial score (nSPS) is 12.5. The minimum Gasteiger partial charge on any atom is -0.468 e. The fourth-order valence-electron chi connectivity index (χ4n) is 3.28. The summed E-state index contributed by atoms with van der Waals surface area (Å²) in [4.78, 5) is 9.16. The number of hydrogen-bond acceptors (Lipinski definition) is 4. The highest BCUT2D eigenvalue weighted by atomic mass is 35.5.